The third-order valence-corrected chi connectivity index (χ3v) is 4.48. The number of amides is 1. The first-order valence-corrected chi connectivity index (χ1v) is 8.72. The molecule has 0 aliphatic heterocycles. The Morgan fingerprint density at radius 3 is 2.67 bits per heavy atom. The zero-order valence-corrected chi connectivity index (χ0v) is 15.2. The molecule has 0 unspecified atom stereocenters. The smallest absolute Gasteiger partial charge is 0.262 e. The Kier molecular flexibility index (Phi) is 4.42. The van der Waals surface area contributed by atoms with Gasteiger partial charge >= 0.3 is 0 Å². The Morgan fingerprint density at radius 2 is 1.81 bits per heavy atom. The van der Waals surface area contributed by atoms with Gasteiger partial charge in [0.25, 0.3) is 5.91 Å². The van der Waals surface area contributed by atoms with Gasteiger partial charge in [0.1, 0.15) is 11.5 Å². The Bertz CT molecular complexity index is 1130. The number of anilines is 1. The third kappa shape index (κ3) is 3.44. The summed E-state index contributed by atoms with van der Waals surface area (Å²) in [4.78, 5) is 15.6. The average molecular weight is 360 g/mol. The molecule has 0 saturated heterocycles. The summed E-state index contributed by atoms with van der Waals surface area (Å²) in [5.74, 6) is 1.02. The zero-order valence-electron chi connectivity index (χ0n) is 15.2. The van der Waals surface area contributed by atoms with Crippen LogP contribution in [0.3, 0.4) is 0 Å². The van der Waals surface area contributed by atoms with Crippen molar-refractivity contribution in [2.75, 3.05) is 19.0 Å². The number of hydrogen-bond acceptors (Lipinski definition) is 3. The highest BCUT2D eigenvalue weighted by atomic mass is 16.5. The van der Waals surface area contributed by atoms with Crippen molar-refractivity contribution in [3.8, 4) is 11.5 Å². The number of hydrogen-bond donors (Lipinski definition) is 2. The Balaban J connectivity index is 1.47. The molecule has 0 bridgehead atoms. The molecule has 0 saturated carbocycles. The normalized spacial score (nSPS) is 10.9. The monoisotopic (exact) mass is 360 g/mol. The molecule has 4 rings (SSSR count). The number of benzene rings is 3. The molecule has 1 heterocycles. The summed E-state index contributed by atoms with van der Waals surface area (Å²) in [6.45, 7) is 1.88. The predicted molar refractivity (Wildman–Crippen MR) is 108 cm³/mol. The van der Waals surface area contributed by atoms with E-state index in [1.165, 1.54) is 5.39 Å². The van der Waals surface area contributed by atoms with Crippen LogP contribution in [0.15, 0.2) is 60.7 Å². The minimum Gasteiger partial charge on any atom is -0.495 e. The van der Waals surface area contributed by atoms with E-state index < -0.39 is 0 Å². The summed E-state index contributed by atoms with van der Waals surface area (Å²) in [7, 11) is 1.58. The van der Waals surface area contributed by atoms with E-state index in [1.54, 1.807) is 7.11 Å². The lowest BCUT2D eigenvalue weighted by Gasteiger charge is -2.11. The number of ether oxygens (including phenoxy) is 2. The van der Waals surface area contributed by atoms with Crippen molar-refractivity contribution in [3.05, 3.63) is 66.2 Å². The van der Waals surface area contributed by atoms with Gasteiger partial charge in [-0.25, -0.2) is 0 Å². The van der Waals surface area contributed by atoms with Gasteiger partial charge in [-0.05, 0) is 42.8 Å². The minimum atomic E-state index is -0.240. The third-order valence-electron chi connectivity index (χ3n) is 4.48. The van der Waals surface area contributed by atoms with Crippen LogP contribution in [0.2, 0.25) is 0 Å². The molecule has 0 radical (unpaired) electrons. The molecule has 0 aliphatic carbocycles. The van der Waals surface area contributed by atoms with Gasteiger partial charge in [-0.3, -0.25) is 4.79 Å². The molecule has 5 heteroatoms. The van der Waals surface area contributed by atoms with Crippen molar-refractivity contribution in [2.24, 2.45) is 0 Å². The maximum Gasteiger partial charge on any atom is 0.262 e. The number of methoxy groups -OCH3 is 1. The SMILES string of the molecule is COc1ccc(C)cc1NC(=O)COc1ccc2c(c1)[nH]c1ccccc12. The van der Waals surface area contributed by atoms with E-state index in [-0.39, 0.29) is 12.5 Å². The topological polar surface area (TPSA) is 63.4 Å². The number of carbonyl (C=O) groups excluding carboxylic acids is 1. The highest BCUT2D eigenvalue weighted by Crippen LogP contribution is 2.28. The summed E-state index contributed by atoms with van der Waals surface area (Å²) in [6.07, 6.45) is 0. The van der Waals surface area contributed by atoms with Crippen LogP contribution < -0.4 is 14.8 Å². The van der Waals surface area contributed by atoms with Crippen molar-refractivity contribution in [2.45, 2.75) is 6.92 Å². The molecule has 27 heavy (non-hydrogen) atoms. The molecular weight excluding hydrogens is 340 g/mol. The molecule has 136 valence electrons. The molecule has 0 fully saturated rings. The van der Waals surface area contributed by atoms with E-state index in [0.29, 0.717) is 17.2 Å². The molecule has 1 amide bonds. The molecule has 0 aliphatic rings. The van der Waals surface area contributed by atoms with E-state index >= 15 is 0 Å². The predicted octanol–water partition coefficient (Wildman–Crippen LogP) is 4.66. The number of aromatic amines is 1. The van der Waals surface area contributed by atoms with E-state index in [0.717, 1.165) is 22.0 Å². The van der Waals surface area contributed by atoms with E-state index in [1.807, 2.05) is 61.5 Å². The number of aromatic nitrogens is 1. The fraction of sp³-hybridized carbons (Fsp3) is 0.136. The van der Waals surface area contributed by atoms with Crippen molar-refractivity contribution >= 4 is 33.4 Å². The van der Waals surface area contributed by atoms with Gasteiger partial charge < -0.3 is 19.8 Å². The van der Waals surface area contributed by atoms with Gasteiger partial charge in [-0.15, -0.1) is 0 Å². The van der Waals surface area contributed by atoms with E-state index in [9.17, 15) is 4.79 Å². The minimum absolute atomic E-state index is 0.0805. The van der Waals surface area contributed by atoms with E-state index in [2.05, 4.69) is 16.4 Å². The second-order valence-electron chi connectivity index (χ2n) is 6.42. The van der Waals surface area contributed by atoms with Gasteiger partial charge in [-0.2, -0.15) is 0 Å². The molecule has 0 atom stereocenters. The van der Waals surface area contributed by atoms with Crippen LogP contribution in [0.4, 0.5) is 5.69 Å². The number of aryl methyl sites for hydroxylation is 1. The second-order valence-corrected chi connectivity index (χ2v) is 6.42. The van der Waals surface area contributed by atoms with Crippen LogP contribution in [0.25, 0.3) is 21.8 Å². The van der Waals surface area contributed by atoms with Crippen LogP contribution in [0, 0.1) is 6.92 Å². The molecule has 4 aromatic rings. The van der Waals surface area contributed by atoms with Crippen molar-refractivity contribution in [3.63, 3.8) is 0 Å². The number of H-pyrrole nitrogens is 1. The quantitative estimate of drug-likeness (QED) is 0.544. The first-order valence-electron chi connectivity index (χ1n) is 8.72. The maximum absolute atomic E-state index is 12.3. The lowest BCUT2D eigenvalue weighted by atomic mass is 10.1. The summed E-state index contributed by atoms with van der Waals surface area (Å²) in [5.41, 5.74) is 3.73. The summed E-state index contributed by atoms with van der Waals surface area (Å²) >= 11 is 0. The molecule has 2 N–H and O–H groups in total. The molecule has 3 aromatic carbocycles. The van der Waals surface area contributed by atoms with Crippen LogP contribution in [-0.2, 0) is 4.79 Å². The number of para-hydroxylation sites is 1. The van der Waals surface area contributed by atoms with Gasteiger partial charge in [-0.1, -0.05) is 24.3 Å². The summed E-state index contributed by atoms with van der Waals surface area (Å²) in [5, 5.41) is 5.14. The number of carbonyl (C=O) groups is 1. The Morgan fingerprint density at radius 1 is 1.00 bits per heavy atom. The van der Waals surface area contributed by atoms with Crippen molar-refractivity contribution < 1.29 is 14.3 Å². The highest BCUT2D eigenvalue weighted by Gasteiger charge is 2.10. The van der Waals surface area contributed by atoms with Gasteiger partial charge in [0.15, 0.2) is 6.61 Å². The van der Waals surface area contributed by atoms with Gasteiger partial charge in [0.2, 0.25) is 0 Å². The first-order chi connectivity index (χ1) is 13.1. The summed E-state index contributed by atoms with van der Waals surface area (Å²) < 4.78 is 11.0. The zero-order chi connectivity index (χ0) is 18.8. The average Bonchev–Trinajstić information content (AvgIpc) is 3.04. The maximum atomic E-state index is 12.3. The lowest BCUT2D eigenvalue weighted by molar-refractivity contribution is -0.118. The van der Waals surface area contributed by atoms with Crippen molar-refractivity contribution in [1.29, 1.82) is 0 Å². The van der Waals surface area contributed by atoms with Gasteiger partial charge in [0, 0.05) is 22.4 Å². The highest BCUT2D eigenvalue weighted by molar-refractivity contribution is 6.07. The lowest BCUT2D eigenvalue weighted by Crippen LogP contribution is -2.20. The molecular formula is C22H20N2O3. The van der Waals surface area contributed by atoms with Crippen LogP contribution in [0.5, 0.6) is 11.5 Å². The second kappa shape index (κ2) is 7.03. The first kappa shape index (κ1) is 17.0. The van der Waals surface area contributed by atoms with Crippen LogP contribution in [0.1, 0.15) is 5.56 Å². The fourth-order valence-electron chi connectivity index (χ4n) is 3.18. The number of nitrogens with one attached hydrogen (secondary N) is 2. The Labute approximate surface area is 156 Å². The summed E-state index contributed by atoms with van der Waals surface area (Å²) in [6, 6.07) is 19.6. The Hall–Kier alpha value is -3.47. The largest absolute Gasteiger partial charge is 0.495 e. The number of rotatable bonds is 5. The molecule has 1 aromatic heterocycles. The standard InChI is InChI=1S/C22H20N2O3/c1-14-7-10-21(26-2)20(11-14)24-22(25)13-27-15-8-9-17-16-5-3-4-6-18(16)23-19(17)12-15/h3-12,23H,13H2,1-2H3,(H,24,25). The fourth-order valence-corrected chi connectivity index (χ4v) is 3.18. The molecule has 0 spiro atoms. The van der Waals surface area contributed by atoms with Crippen molar-refractivity contribution in [1.82, 2.24) is 4.98 Å². The van der Waals surface area contributed by atoms with Crippen LogP contribution >= 0.6 is 0 Å². The molecule has 5 nitrogen and oxygen atoms in total. The van der Waals surface area contributed by atoms with E-state index in [4.69, 9.17) is 9.47 Å². The number of fused-ring (bicyclic) bond motifs is 3. The van der Waals surface area contributed by atoms with Crippen LogP contribution in [-0.4, -0.2) is 24.6 Å². The van der Waals surface area contributed by atoms with Gasteiger partial charge in [0.05, 0.1) is 18.3 Å².